The molecule has 0 fully saturated rings. The topological polar surface area (TPSA) is 58.9 Å². The molecular formula is C28H20ClN5S. The van der Waals surface area contributed by atoms with Gasteiger partial charge in [-0.05, 0) is 53.9 Å². The van der Waals surface area contributed by atoms with Crippen LogP contribution in [0.3, 0.4) is 0 Å². The molecule has 0 saturated heterocycles. The lowest BCUT2D eigenvalue weighted by molar-refractivity contribution is 0.996. The summed E-state index contributed by atoms with van der Waals surface area (Å²) >= 11 is 7.73. The summed E-state index contributed by atoms with van der Waals surface area (Å²) in [6.07, 6.45) is 0. The predicted molar refractivity (Wildman–Crippen MR) is 143 cm³/mol. The second-order valence-electron chi connectivity index (χ2n) is 8.14. The molecule has 7 heteroatoms. The molecule has 0 radical (unpaired) electrons. The molecule has 6 aromatic rings. The van der Waals surface area contributed by atoms with Crippen LogP contribution in [-0.2, 0) is 0 Å². The highest BCUT2D eigenvalue weighted by Gasteiger charge is 2.16. The summed E-state index contributed by atoms with van der Waals surface area (Å²) in [6, 6.07) is 30.5. The van der Waals surface area contributed by atoms with E-state index in [-0.39, 0.29) is 0 Å². The van der Waals surface area contributed by atoms with E-state index < -0.39 is 0 Å². The van der Waals surface area contributed by atoms with Gasteiger partial charge < -0.3 is 0 Å². The lowest BCUT2D eigenvalue weighted by Gasteiger charge is -2.09. The number of benzene rings is 3. The minimum absolute atomic E-state index is 0.601. The fraction of sp³-hybridized carbons (Fsp3) is 0.0357. The minimum atomic E-state index is 0.601. The molecule has 35 heavy (non-hydrogen) atoms. The molecule has 5 nitrogen and oxygen atoms in total. The number of nitrogens with zero attached hydrogens (tertiary/aromatic N) is 4. The Bertz CT molecular complexity index is 1700. The average Bonchev–Trinajstić information content (AvgIpc) is 3.49. The number of H-pyrrole nitrogens is 1. The molecule has 0 spiro atoms. The first-order valence-electron chi connectivity index (χ1n) is 11.2. The molecule has 3 aromatic heterocycles. The molecule has 0 aliphatic rings. The largest absolute Gasteiger partial charge is 0.285 e. The Morgan fingerprint density at radius 2 is 1.60 bits per heavy atom. The molecule has 0 atom stereocenters. The predicted octanol–water partition coefficient (Wildman–Crippen LogP) is 7.34. The van der Waals surface area contributed by atoms with Crippen LogP contribution in [0.25, 0.3) is 39.1 Å². The van der Waals surface area contributed by atoms with E-state index in [1.807, 2.05) is 67.6 Å². The summed E-state index contributed by atoms with van der Waals surface area (Å²) in [4.78, 5) is 10.6. The molecular weight excluding hydrogens is 474 g/mol. The van der Waals surface area contributed by atoms with Gasteiger partial charge in [-0.15, -0.1) is 11.3 Å². The summed E-state index contributed by atoms with van der Waals surface area (Å²) in [5.41, 5.74) is 6.90. The normalized spacial score (nSPS) is 11.9. The fourth-order valence-electron chi connectivity index (χ4n) is 4.20. The number of thiazole rings is 1. The van der Waals surface area contributed by atoms with Crippen molar-refractivity contribution in [2.24, 2.45) is 4.99 Å². The summed E-state index contributed by atoms with van der Waals surface area (Å²) in [7, 11) is 0. The van der Waals surface area contributed by atoms with Crippen LogP contribution < -0.4 is 4.80 Å². The minimum Gasteiger partial charge on any atom is -0.285 e. The maximum absolute atomic E-state index is 6.14. The highest BCUT2D eigenvalue weighted by atomic mass is 35.5. The van der Waals surface area contributed by atoms with Crippen LogP contribution in [0.15, 0.2) is 101 Å². The van der Waals surface area contributed by atoms with Crippen LogP contribution in [0.5, 0.6) is 0 Å². The third kappa shape index (κ3) is 4.07. The van der Waals surface area contributed by atoms with Gasteiger partial charge in [-0.2, -0.15) is 10.1 Å². The Kier molecular flexibility index (Phi) is 5.52. The molecule has 0 saturated carbocycles. The lowest BCUT2D eigenvalue weighted by atomic mass is 10.0. The highest BCUT2D eigenvalue weighted by Crippen LogP contribution is 2.34. The summed E-state index contributed by atoms with van der Waals surface area (Å²) < 4.78 is 2.17. The van der Waals surface area contributed by atoms with Gasteiger partial charge in [0.05, 0.1) is 11.1 Å². The average molecular weight is 494 g/mol. The van der Waals surface area contributed by atoms with Crippen LogP contribution in [0, 0.1) is 6.92 Å². The molecule has 0 bridgehead atoms. The van der Waals surface area contributed by atoms with Gasteiger partial charge in [0.1, 0.15) is 0 Å². The Morgan fingerprint density at radius 1 is 0.886 bits per heavy atom. The first-order chi connectivity index (χ1) is 17.2. The fourth-order valence-corrected chi connectivity index (χ4v) is 5.23. The second kappa shape index (κ2) is 8.98. The quantitative estimate of drug-likeness (QED) is 0.279. The number of nitrogens with one attached hydrogen (secondary N) is 1. The SMILES string of the molecule is Cc1cc(-c2ccc(Cl)cc2)c2c(N=c3scc(-c4ccccc4)n3-c3ccccc3)n[nH]c2n1. The van der Waals surface area contributed by atoms with E-state index in [2.05, 4.69) is 55.5 Å². The number of para-hydroxylation sites is 1. The molecule has 0 amide bonds. The molecule has 0 aliphatic heterocycles. The van der Waals surface area contributed by atoms with Gasteiger partial charge in [-0.1, -0.05) is 72.3 Å². The number of pyridine rings is 1. The first-order valence-corrected chi connectivity index (χ1v) is 12.4. The number of aryl methyl sites for hydroxylation is 1. The molecule has 3 aromatic carbocycles. The van der Waals surface area contributed by atoms with E-state index in [9.17, 15) is 0 Å². The number of aromatic nitrogens is 4. The van der Waals surface area contributed by atoms with E-state index in [1.165, 1.54) is 0 Å². The van der Waals surface area contributed by atoms with Gasteiger partial charge in [0.25, 0.3) is 0 Å². The molecule has 6 rings (SSSR count). The molecule has 170 valence electrons. The van der Waals surface area contributed by atoms with Crippen LogP contribution in [0.2, 0.25) is 5.02 Å². The number of hydrogen-bond donors (Lipinski definition) is 1. The van der Waals surface area contributed by atoms with E-state index >= 15 is 0 Å². The number of hydrogen-bond acceptors (Lipinski definition) is 4. The Labute approximate surface area is 211 Å². The molecule has 0 aliphatic carbocycles. The van der Waals surface area contributed by atoms with Crippen molar-refractivity contribution in [2.45, 2.75) is 6.92 Å². The van der Waals surface area contributed by atoms with Crippen LogP contribution in [-0.4, -0.2) is 19.7 Å². The zero-order chi connectivity index (χ0) is 23.8. The van der Waals surface area contributed by atoms with Crippen LogP contribution in [0.4, 0.5) is 5.82 Å². The van der Waals surface area contributed by atoms with Crippen molar-refractivity contribution in [3.8, 4) is 28.1 Å². The van der Waals surface area contributed by atoms with Gasteiger partial charge in [0.15, 0.2) is 16.3 Å². The van der Waals surface area contributed by atoms with Gasteiger partial charge in [-0.25, -0.2) is 4.98 Å². The molecule has 3 heterocycles. The maximum Gasteiger partial charge on any atom is 0.196 e. The Balaban J connectivity index is 1.61. The number of fused-ring (bicyclic) bond motifs is 1. The highest BCUT2D eigenvalue weighted by molar-refractivity contribution is 7.07. The lowest BCUT2D eigenvalue weighted by Crippen LogP contribution is -2.13. The third-order valence-electron chi connectivity index (χ3n) is 5.79. The van der Waals surface area contributed by atoms with Gasteiger partial charge >= 0.3 is 0 Å². The maximum atomic E-state index is 6.14. The summed E-state index contributed by atoms with van der Waals surface area (Å²) in [5, 5.41) is 11.4. The number of rotatable bonds is 4. The zero-order valence-corrected chi connectivity index (χ0v) is 20.4. The Hall–Kier alpha value is -4.00. The van der Waals surface area contributed by atoms with Crippen molar-refractivity contribution >= 4 is 39.8 Å². The standard InChI is InChI=1S/C28H20ClN5S/c1-18-16-23(19-12-14-21(29)15-13-19)25-26(30-18)32-33-27(25)31-28-34(22-10-6-3-7-11-22)24(17-35-28)20-8-4-2-5-9-20/h2-17H,1H3,(H,30,32,33). The second-order valence-corrected chi connectivity index (χ2v) is 9.41. The van der Waals surface area contributed by atoms with Crippen molar-refractivity contribution in [3.05, 3.63) is 112 Å². The van der Waals surface area contributed by atoms with Crippen LogP contribution in [0.1, 0.15) is 5.69 Å². The van der Waals surface area contributed by atoms with E-state index in [1.54, 1.807) is 11.3 Å². The van der Waals surface area contributed by atoms with Crippen molar-refractivity contribution < 1.29 is 0 Å². The van der Waals surface area contributed by atoms with Gasteiger partial charge in [0, 0.05) is 21.8 Å². The van der Waals surface area contributed by atoms with Crippen molar-refractivity contribution in [3.63, 3.8) is 0 Å². The third-order valence-corrected chi connectivity index (χ3v) is 6.87. The van der Waals surface area contributed by atoms with Gasteiger partial charge in [0.2, 0.25) is 0 Å². The van der Waals surface area contributed by atoms with Crippen molar-refractivity contribution in [1.29, 1.82) is 0 Å². The molecule has 0 unspecified atom stereocenters. The van der Waals surface area contributed by atoms with Crippen molar-refractivity contribution in [2.75, 3.05) is 0 Å². The summed E-state index contributed by atoms with van der Waals surface area (Å²) in [5.74, 6) is 0.601. The summed E-state index contributed by atoms with van der Waals surface area (Å²) in [6.45, 7) is 1.98. The monoisotopic (exact) mass is 493 g/mol. The van der Waals surface area contributed by atoms with E-state index in [4.69, 9.17) is 16.6 Å². The first kappa shape index (κ1) is 21.5. The number of halogens is 1. The number of aromatic amines is 1. The van der Waals surface area contributed by atoms with Crippen LogP contribution >= 0.6 is 22.9 Å². The van der Waals surface area contributed by atoms with E-state index in [0.717, 1.165) is 44.0 Å². The van der Waals surface area contributed by atoms with E-state index in [0.29, 0.717) is 16.5 Å². The van der Waals surface area contributed by atoms with Crippen molar-refractivity contribution in [1.82, 2.24) is 19.7 Å². The molecule has 1 N–H and O–H groups in total. The Morgan fingerprint density at radius 3 is 2.34 bits per heavy atom. The van der Waals surface area contributed by atoms with Gasteiger partial charge in [-0.3, -0.25) is 9.67 Å². The smallest absolute Gasteiger partial charge is 0.196 e. The zero-order valence-electron chi connectivity index (χ0n) is 18.8.